The van der Waals surface area contributed by atoms with E-state index < -0.39 is 0 Å². The first-order valence-corrected chi connectivity index (χ1v) is 6.71. The highest BCUT2D eigenvalue weighted by atomic mass is 35.5. The fraction of sp³-hybridized carbons (Fsp3) is 0.286. The van der Waals surface area contributed by atoms with Crippen LogP contribution in [0.2, 0.25) is 10.0 Å². The number of rotatable bonds is 3. The number of nitrogens with zero attached hydrogens (tertiary/aromatic N) is 2. The first kappa shape index (κ1) is 14.1. The van der Waals surface area contributed by atoms with Crippen molar-refractivity contribution in [1.29, 1.82) is 0 Å². The summed E-state index contributed by atoms with van der Waals surface area (Å²) in [5.74, 6) is -0.207. The molecule has 5 heteroatoms. The highest BCUT2D eigenvalue weighted by molar-refractivity contribution is 6.37. The van der Waals surface area contributed by atoms with Crippen molar-refractivity contribution in [2.45, 2.75) is 26.8 Å². The van der Waals surface area contributed by atoms with Crippen molar-refractivity contribution in [1.82, 2.24) is 9.78 Å². The maximum Gasteiger partial charge on any atom is 0.214 e. The topological polar surface area (TPSA) is 34.9 Å². The molecule has 1 heterocycles. The maximum atomic E-state index is 12.6. The lowest BCUT2D eigenvalue weighted by Crippen LogP contribution is -2.14. The van der Waals surface area contributed by atoms with Gasteiger partial charge in [0.1, 0.15) is 5.69 Å². The van der Waals surface area contributed by atoms with Crippen LogP contribution in [-0.2, 0) is 0 Å². The van der Waals surface area contributed by atoms with Crippen LogP contribution < -0.4 is 0 Å². The Hall–Kier alpha value is -1.32. The minimum atomic E-state index is -0.207. The lowest BCUT2D eigenvalue weighted by Gasteiger charge is -2.11. The lowest BCUT2D eigenvalue weighted by molar-refractivity contribution is 0.102. The third kappa shape index (κ3) is 2.67. The van der Waals surface area contributed by atoms with E-state index in [1.54, 1.807) is 16.8 Å². The van der Waals surface area contributed by atoms with Crippen LogP contribution in [0.15, 0.2) is 24.4 Å². The van der Waals surface area contributed by atoms with Gasteiger partial charge in [0.15, 0.2) is 0 Å². The van der Waals surface area contributed by atoms with Gasteiger partial charge in [-0.1, -0.05) is 29.3 Å². The summed E-state index contributed by atoms with van der Waals surface area (Å²) in [5, 5.41) is 4.90. The van der Waals surface area contributed by atoms with Gasteiger partial charge in [0, 0.05) is 11.6 Å². The van der Waals surface area contributed by atoms with Crippen molar-refractivity contribution in [3.8, 4) is 0 Å². The highest BCUT2D eigenvalue weighted by Crippen LogP contribution is 2.26. The minimum Gasteiger partial charge on any atom is -0.287 e. The van der Waals surface area contributed by atoms with Crippen LogP contribution in [0.4, 0.5) is 0 Å². The summed E-state index contributed by atoms with van der Waals surface area (Å²) in [4.78, 5) is 12.6. The van der Waals surface area contributed by atoms with Crippen molar-refractivity contribution in [3.63, 3.8) is 0 Å². The van der Waals surface area contributed by atoms with Gasteiger partial charge in [-0.3, -0.25) is 9.48 Å². The number of carbonyl (C=O) groups excluding carboxylic acids is 1. The summed E-state index contributed by atoms with van der Waals surface area (Å²) in [6, 6.07) is 5.38. The normalized spacial score (nSPS) is 11.1. The molecule has 0 aliphatic heterocycles. The lowest BCUT2D eigenvalue weighted by atomic mass is 10.1. The number of halogens is 2. The third-order valence-electron chi connectivity index (χ3n) is 2.82. The molecule has 0 aliphatic carbocycles. The van der Waals surface area contributed by atoms with Gasteiger partial charge in [0.25, 0.3) is 0 Å². The average molecular weight is 297 g/mol. The monoisotopic (exact) mass is 296 g/mol. The summed E-state index contributed by atoms with van der Waals surface area (Å²) < 4.78 is 1.61. The molecule has 0 spiro atoms. The number of carbonyl (C=O) groups is 1. The predicted octanol–water partition coefficient (Wildman–Crippen LogP) is 4.31. The van der Waals surface area contributed by atoms with Crippen LogP contribution in [0.3, 0.4) is 0 Å². The van der Waals surface area contributed by atoms with Crippen molar-refractivity contribution in [3.05, 3.63) is 51.3 Å². The summed E-state index contributed by atoms with van der Waals surface area (Å²) >= 11 is 12.2. The molecule has 2 aromatic rings. The van der Waals surface area contributed by atoms with Crippen LogP contribution in [0.1, 0.15) is 41.5 Å². The summed E-state index contributed by atoms with van der Waals surface area (Å²) in [5.41, 5.74) is 1.82. The molecule has 0 saturated heterocycles. The number of ketones is 1. The predicted molar refractivity (Wildman–Crippen MR) is 77.2 cm³/mol. The van der Waals surface area contributed by atoms with E-state index in [0.717, 1.165) is 5.56 Å². The smallest absolute Gasteiger partial charge is 0.214 e. The molecule has 0 aliphatic rings. The van der Waals surface area contributed by atoms with Gasteiger partial charge in [-0.2, -0.15) is 5.10 Å². The molecule has 0 amide bonds. The molecule has 100 valence electrons. The van der Waals surface area contributed by atoms with Crippen LogP contribution in [0.5, 0.6) is 0 Å². The summed E-state index contributed by atoms with van der Waals surface area (Å²) in [7, 11) is 0. The van der Waals surface area contributed by atoms with Gasteiger partial charge < -0.3 is 0 Å². The second-order valence-corrected chi connectivity index (χ2v) is 5.51. The van der Waals surface area contributed by atoms with E-state index in [9.17, 15) is 4.79 Å². The molecule has 1 aromatic heterocycles. The van der Waals surface area contributed by atoms with Crippen LogP contribution in [-0.4, -0.2) is 15.6 Å². The second kappa shape index (κ2) is 5.35. The molecule has 2 rings (SSSR count). The molecule has 0 bridgehead atoms. The summed E-state index contributed by atoms with van der Waals surface area (Å²) in [6.45, 7) is 5.80. The first-order chi connectivity index (χ1) is 8.91. The van der Waals surface area contributed by atoms with E-state index in [-0.39, 0.29) is 11.8 Å². The van der Waals surface area contributed by atoms with Crippen LogP contribution >= 0.6 is 23.2 Å². The zero-order valence-corrected chi connectivity index (χ0v) is 12.5. The first-order valence-electron chi connectivity index (χ1n) is 5.95. The Balaban J connectivity index is 2.53. The van der Waals surface area contributed by atoms with Gasteiger partial charge in [0.2, 0.25) is 5.78 Å². The van der Waals surface area contributed by atoms with Crippen molar-refractivity contribution >= 4 is 29.0 Å². The van der Waals surface area contributed by atoms with Crippen molar-refractivity contribution in [2.24, 2.45) is 0 Å². The number of aromatic nitrogens is 2. The Morgan fingerprint density at radius 3 is 2.53 bits per heavy atom. The molecule has 0 unspecified atom stereocenters. The van der Waals surface area contributed by atoms with Gasteiger partial charge in [-0.05, 0) is 38.5 Å². The molecule has 0 radical (unpaired) electrons. The molecule has 0 atom stereocenters. The zero-order valence-electron chi connectivity index (χ0n) is 10.9. The molecule has 19 heavy (non-hydrogen) atoms. The van der Waals surface area contributed by atoms with E-state index >= 15 is 0 Å². The zero-order chi connectivity index (χ0) is 14.2. The number of benzene rings is 1. The van der Waals surface area contributed by atoms with Crippen molar-refractivity contribution < 1.29 is 4.79 Å². The van der Waals surface area contributed by atoms with E-state index in [0.29, 0.717) is 21.3 Å². The van der Waals surface area contributed by atoms with Gasteiger partial charge in [0.05, 0.1) is 16.2 Å². The van der Waals surface area contributed by atoms with E-state index in [4.69, 9.17) is 23.2 Å². The van der Waals surface area contributed by atoms with Gasteiger partial charge in [-0.15, -0.1) is 0 Å². The molecule has 0 saturated carbocycles. The number of aryl methyl sites for hydroxylation is 1. The van der Waals surface area contributed by atoms with Crippen LogP contribution in [0.25, 0.3) is 0 Å². The maximum absolute atomic E-state index is 12.6. The average Bonchev–Trinajstić information content (AvgIpc) is 2.70. The van der Waals surface area contributed by atoms with Gasteiger partial charge >= 0.3 is 0 Å². The van der Waals surface area contributed by atoms with E-state index in [1.165, 1.54) is 6.20 Å². The molecular weight excluding hydrogens is 283 g/mol. The Bertz CT molecular complexity index is 632. The number of hydrogen-bond acceptors (Lipinski definition) is 2. The van der Waals surface area contributed by atoms with E-state index in [2.05, 4.69) is 5.10 Å². The largest absolute Gasteiger partial charge is 0.287 e. The summed E-state index contributed by atoms with van der Waals surface area (Å²) in [6.07, 6.45) is 1.48. The molecule has 3 nitrogen and oxygen atoms in total. The fourth-order valence-electron chi connectivity index (χ4n) is 1.88. The molecular formula is C14H14Cl2N2O. The number of hydrogen-bond donors (Lipinski definition) is 0. The Morgan fingerprint density at radius 1 is 1.26 bits per heavy atom. The standard InChI is InChI=1S/C14H14Cl2N2O/c1-8(2)18-13(12(16)7-17-18)14(19)10-5-4-9(3)6-11(10)15/h4-8H,1-3H3. The fourth-order valence-corrected chi connectivity index (χ4v) is 2.41. The Morgan fingerprint density at radius 2 is 1.95 bits per heavy atom. The molecule has 0 fully saturated rings. The van der Waals surface area contributed by atoms with Gasteiger partial charge in [-0.25, -0.2) is 0 Å². The third-order valence-corrected chi connectivity index (χ3v) is 3.41. The Labute approximate surface area is 122 Å². The molecule has 1 aromatic carbocycles. The van der Waals surface area contributed by atoms with Crippen LogP contribution in [0, 0.1) is 6.92 Å². The molecule has 0 N–H and O–H groups in total. The highest BCUT2D eigenvalue weighted by Gasteiger charge is 2.22. The minimum absolute atomic E-state index is 0.0515. The van der Waals surface area contributed by atoms with E-state index in [1.807, 2.05) is 26.8 Å². The van der Waals surface area contributed by atoms with Crippen molar-refractivity contribution in [2.75, 3.05) is 0 Å². The second-order valence-electron chi connectivity index (χ2n) is 4.69. The SMILES string of the molecule is Cc1ccc(C(=O)c2c(Cl)cnn2C(C)C)c(Cl)c1. The Kier molecular flexibility index (Phi) is 3.97. The quantitative estimate of drug-likeness (QED) is 0.791.